The molecule has 1 rings (SSSR count). The van der Waals surface area contributed by atoms with Crippen LogP contribution >= 0.6 is 15.9 Å². The number of anilines is 2. The second-order valence-corrected chi connectivity index (χ2v) is 4.04. The number of hydrogen-bond donors (Lipinski definition) is 2. The molecule has 0 unspecified atom stereocenters. The molecule has 6 heteroatoms. The molecule has 1 heterocycles. The van der Waals surface area contributed by atoms with Crippen molar-refractivity contribution in [2.75, 3.05) is 44.5 Å². The van der Waals surface area contributed by atoms with Crippen molar-refractivity contribution in [3.05, 3.63) is 16.7 Å². The first-order valence-electron chi connectivity index (χ1n) is 4.95. The van der Waals surface area contributed by atoms with Crippen LogP contribution in [0.5, 0.6) is 0 Å². The highest BCUT2D eigenvalue weighted by Crippen LogP contribution is 2.19. The van der Waals surface area contributed by atoms with Crippen LogP contribution in [-0.4, -0.2) is 38.5 Å². The molecular formula is C10H16BrN3O2. The predicted octanol–water partition coefficient (Wildman–Crippen LogP) is 1.50. The molecule has 0 aliphatic carbocycles. The van der Waals surface area contributed by atoms with Gasteiger partial charge in [0, 0.05) is 24.3 Å². The molecular weight excluding hydrogens is 274 g/mol. The molecule has 90 valence electrons. The number of halogens is 1. The quantitative estimate of drug-likeness (QED) is 0.745. The molecule has 0 atom stereocenters. The summed E-state index contributed by atoms with van der Waals surface area (Å²) in [5.41, 5.74) is 6.38. The largest absolute Gasteiger partial charge is 0.396 e. The molecule has 0 aliphatic heterocycles. The molecule has 16 heavy (non-hydrogen) atoms. The molecule has 0 saturated heterocycles. The molecule has 0 radical (unpaired) electrons. The fraction of sp³-hybridized carbons (Fsp3) is 0.500. The van der Waals surface area contributed by atoms with Gasteiger partial charge in [-0.3, -0.25) is 0 Å². The standard InChI is InChI=1S/C10H16BrN3O2/c1-15-4-5-16-3-2-13-10-9(12)6-8(11)7-14-10/h6-7H,2-5,12H2,1H3,(H,13,14). The zero-order valence-electron chi connectivity index (χ0n) is 9.20. The highest BCUT2D eigenvalue weighted by Gasteiger charge is 2.00. The number of rotatable bonds is 7. The number of nitrogens with two attached hydrogens (primary N) is 1. The van der Waals surface area contributed by atoms with Crippen molar-refractivity contribution in [2.24, 2.45) is 0 Å². The van der Waals surface area contributed by atoms with Gasteiger partial charge in [-0.2, -0.15) is 0 Å². The number of hydrogen-bond acceptors (Lipinski definition) is 5. The Kier molecular flexibility index (Phi) is 6.14. The molecule has 0 bridgehead atoms. The zero-order valence-corrected chi connectivity index (χ0v) is 10.8. The smallest absolute Gasteiger partial charge is 0.149 e. The lowest BCUT2D eigenvalue weighted by Crippen LogP contribution is -2.13. The van der Waals surface area contributed by atoms with Gasteiger partial charge in [0.25, 0.3) is 0 Å². The first kappa shape index (κ1) is 13.2. The van der Waals surface area contributed by atoms with Gasteiger partial charge < -0.3 is 20.5 Å². The van der Waals surface area contributed by atoms with Gasteiger partial charge in [-0.1, -0.05) is 0 Å². The lowest BCUT2D eigenvalue weighted by Gasteiger charge is -2.08. The number of ether oxygens (including phenoxy) is 2. The molecule has 0 spiro atoms. The van der Waals surface area contributed by atoms with Crippen LogP contribution in [0.15, 0.2) is 16.7 Å². The van der Waals surface area contributed by atoms with Crippen LogP contribution in [0.1, 0.15) is 0 Å². The Labute approximate surface area is 103 Å². The number of nitrogens with one attached hydrogen (secondary N) is 1. The first-order valence-corrected chi connectivity index (χ1v) is 5.75. The summed E-state index contributed by atoms with van der Waals surface area (Å²) in [5, 5.41) is 3.09. The fourth-order valence-electron chi connectivity index (χ4n) is 1.09. The van der Waals surface area contributed by atoms with Crippen molar-refractivity contribution in [2.45, 2.75) is 0 Å². The Balaban J connectivity index is 2.21. The van der Waals surface area contributed by atoms with Crippen LogP contribution in [0.25, 0.3) is 0 Å². The molecule has 5 nitrogen and oxygen atoms in total. The van der Waals surface area contributed by atoms with E-state index in [0.29, 0.717) is 37.9 Å². The molecule has 0 fully saturated rings. The Morgan fingerprint density at radius 2 is 2.25 bits per heavy atom. The van der Waals surface area contributed by atoms with Gasteiger partial charge >= 0.3 is 0 Å². The normalized spacial score (nSPS) is 10.4. The lowest BCUT2D eigenvalue weighted by molar-refractivity contribution is 0.0759. The number of aromatic nitrogens is 1. The summed E-state index contributed by atoms with van der Waals surface area (Å²) >= 11 is 3.30. The summed E-state index contributed by atoms with van der Waals surface area (Å²) in [6.45, 7) is 2.48. The van der Waals surface area contributed by atoms with E-state index in [4.69, 9.17) is 15.2 Å². The van der Waals surface area contributed by atoms with Gasteiger partial charge in [-0.15, -0.1) is 0 Å². The average molecular weight is 290 g/mol. The Morgan fingerprint density at radius 1 is 1.44 bits per heavy atom. The first-order chi connectivity index (χ1) is 7.74. The number of nitrogen functional groups attached to an aromatic ring is 1. The monoisotopic (exact) mass is 289 g/mol. The summed E-state index contributed by atoms with van der Waals surface area (Å²) in [7, 11) is 1.65. The third-order valence-corrected chi connectivity index (χ3v) is 2.29. The third-order valence-electron chi connectivity index (χ3n) is 1.85. The van der Waals surface area contributed by atoms with E-state index in [9.17, 15) is 0 Å². The van der Waals surface area contributed by atoms with Gasteiger partial charge in [0.15, 0.2) is 0 Å². The summed E-state index contributed by atoms with van der Waals surface area (Å²) in [6, 6.07) is 1.81. The SMILES string of the molecule is COCCOCCNc1ncc(Br)cc1N. The minimum atomic E-state index is 0.598. The van der Waals surface area contributed by atoms with Crippen LogP contribution < -0.4 is 11.1 Å². The van der Waals surface area contributed by atoms with E-state index in [1.165, 1.54) is 0 Å². The van der Waals surface area contributed by atoms with Crippen molar-refractivity contribution in [3.63, 3.8) is 0 Å². The van der Waals surface area contributed by atoms with Crippen LogP contribution in [0.3, 0.4) is 0 Å². The summed E-state index contributed by atoms with van der Waals surface area (Å²) in [5.74, 6) is 0.679. The van der Waals surface area contributed by atoms with Crippen molar-refractivity contribution >= 4 is 27.4 Å². The van der Waals surface area contributed by atoms with Gasteiger partial charge in [0.05, 0.1) is 25.5 Å². The van der Waals surface area contributed by atoms with Crippen LogP contribution in [-0.2, 0) is 9.47 Å². The topological polar surface area (TPSA) is 69.4 Å². The maximum atomic E-state index is 5.77. The van der Waals surface area contributed by atoms with Crippen molar-refractivity contribution in [1.82, 2.24) is 4.98 Å². The van der Waals surface area contributed by atoms with Gasteiger partial charge in [-0.25, -0.2) is 4.98 Å². The molecule has 1 aromatic rings. The minimum Gasteiger partial charge on any atom is -0.396 e. The fourth-order valence-corrected chi connectivity index (χ4v) is 1.44. The van der Waals surface area contributed by atoms with Crippen LogP contribution in [0, 0.1) is 0 Å². The Hall–Kier alpha value is -0.850. The van der Waals surface area contributed by atoms with E-state index in [1.54, 1.807) is 19.4 Å². The highest BCUT2D eigenvalue weighted by molar-refractivity contribution is 9.10. The second-order valence-electron chi connectivity index (χ2n) is 3.12. The van der Waals surface area contributed by atoms with E-state index < -0.39 is 0 Å². The number of pyridine rings is 1. The maximum absolute atomic E-state index is 5.77. The Morgan fingerprint density at radius 3 is 2.94 bits per heavy atom. The second kappa shape index (κ2) is 7.43. The number of methoxy groups -OCH3 is 1. The molecule has 0 aromatic carbocycles. The Bertz CT molecular complexity index is 323. The average Bonchev–Trinajstić information content (AvgIpc) is 2.26. The lowest BCUT2D eigenvalue weighted by atomic mass is 10.4. The van der Waals surface area contributed by atoms with Crippen LogP contribution in [0.4, 0.5) is 11.5 Å². The van der Waals surface area contributed by atoms with Gasteiger partial charge in [0.2, 0.25) is 0 Å². The molecule has 1 aromatic heterocycles. The highest BCUT2D eigenvalue weighted by atomic mass is 79.9. The van der Waals surface area contributed by atoms with E-state index in [1.807, 2.05) is 0 Å². The summed E-state index contributed by atoms with van der Waals surface area (Å²) < 4.78 is 11.0. The third kappa shape index (κ3) is 4.78. The van der Waals surface area contributed by atoms with E-state index in [-0.39, 0.29) is 0 Å². The minimum absolute atomic E-state index is 0.598. The number of nitrogens with zero attached hydrogens (tertiary/aromatic N) is 1. The van der Waals surface area contributed by atoms with Crippen LogP contribution in [0.2, 0.25) is 0 Å². The molecule has 3 N–H and O–H groups in total. The summed E-state index contributed by atoms with van der Waals surface area (Å²) in [6.07, 6.45) is 1.70. The maximum Gasteiger partial charge on any atom is 0.149 e. The van der Waals surface area contributed by atoms with E-state index in [0.717, 1.165) is 4.47 Å². The predicted molar refractivity (Wildman–Crippen MR) is 67.5 cm³/mol. The van der Waals surface area contributed by atoms with Gasteiger partial charge in [-0.05, 0) is 22.0 Å². The van der Waals surface area contributed by atoms with Gasteiger partial charge in [0.1, 0.15) is 5.82 Å². The van der Waals surface area contributed by atoms with E-state index in [2.05, 4.69) is 26.2 Å². The molecule has 0 aliphatic rings. The summed E-state index contributed by atoms with van der Waals surface area (Å²) in [4.78, 5) is 4.15. The zero-order chi connectivity index (χ0) is 11.8. The molecule has 0 amide bonds. The van der Waals surface area contributed by atoms with E-state index >= 15 is 0 Å². The van der Waals surface area contributed by atoms with Crippen molar-refractivity contribution in [3.8, 4) is 0 Å². The molecule has 0 saturated carbocycles. The van der Waals surface area contributed by atoms with Crippen molar-refractivity contribution < 1.29 is 9.47 Å². The van der Waals surface area contributed by atoms with Crippen molar-refractivity contribution in [1.29, 1.82) is 0 Å².